The Balaban J connectivity index is 2.01. The van der Waals surface area contributed by atoms with Crippen molar-refractivity contribution in [3.63, 3.8) is 0 Å². The molecule has 24 heavy (non-hydrogen) atoms. The van der Waals surface area contributed by atoms with Gasteiger partial charge in [0.2, 0.25) is 0 Å². The van der Waals surface area contributed by atoms with Crippen molar-refractivity contribution >= 4 is 0 Å². The summed E-state index contributed by atoms with van der Waals surface area (Å²) in [5.41, 5.74) is 2.01. The molecule has 0 bridgehead atoms. The minimum Gasteiger partial charge on any atom is -0.497 e. The van der Waals surface area contributed by atoms with Gasteiger partial charge in [-0.05, 0) is 30.3 Å². The Morgan fingerprint density at radius 2 is 1.92 bits per heavy atom. The van der Waals surface area contributed by atoms with Crippen LogP contribution in [0.2, 0.25) is 0 Å². The molecule has 6 heteroatoms. The van der Waals surface area contributed by atoms with Gasteiger partial charge in [-0.1, -0.05) is 6.07 Å². The molecule has 0 fully saturated rings. The molecule has 0 spiro atoms. The summed E-state index contributed by atoms with van der Waals surface area (Å²) in [6, 6.07) is 14.2. The van der Waals surface area contributed by atoms with Crippen molar-refractivity contribution in [2.24, 2.45) is 0 Å². The SMILES string of the molecule is COc1ccc(-c2ccc(=O)n(Cc3ccccn3)n2)c(OC)c1. The zero-order valence-electron chi connectivity index (χ0n) is 13.5. The highest BCUT2D eigenvalue weighted by Crippen LogP contribution is 2.31. The van der Waals surface area contributed by atoms with Crippen LogP contribution in [0.25, 0.3) is 11.3 Å². The van der Waals surface area contributed by atoms with Gasteiger partial charge >= 0.3 is 0 Å². The molecule has 1 aromatic carbocycles. The fourth-order valence-corrected chi connectivity index (χ4v) is 2.36. The van der Waals surface area contributed by atoms with Crippen LogP contribution in [0.5, 0.6) is 11.5 Å². The predicted octanol–water partition coefficient (Wildman–Crippen LogP) is 2.37. The van der Waals surface area contributed by atoms with Crippen LogP contribution in [0.15, 0.2) is 59.5 Å². The van der Waals surface area contributed by atoms with E-state index in [0.29, 0.717) is 23.7 Å². The number of ether oxygens (including phenoxy) is 2. The number of hydrogen-bond donors (Lipinski definition) is 0. The standard InChI is InChI=1S/C18H17N3O3/c1-23-14-6-7-15(17(11-14)24-2)16-8-9-18(22)21(20-16)12-13-5-3-4-10-19-13/h3-11H,12H2,1-2H3. The number of nitrogens with zero attached hydrogens (tertiary/aromatic N) is 3. The number of pyridine rings is 1. The molecule has 0 aliphatic heterocycles. The minimum atomic E-state index is -0.183. The quantitative estimate of drug-likeness (QED) is 0.721. The van der Waals surface area contributed by atoms with E-state index in [-0.39, 0.29) is 5.56 Å². The zero-order valence-corrected chi connectivity index (χ0v) is 13.5. The Morgan fingerprint density at radius 1 is 1.04 bits per heavy atom. The topological polar surface area (TPSA) is 66.2 Å². The van der Waals surface area contributed by atoms with Crippen molar-refractivity contribution in [1.29, 1.82) is 0 Å². The Bertz CT molecular complexity index is 892. The lowest BCUT2D eigenvalue weighted by Crippen LogP contribution is -2.23. The largest absolute Gasteiger partial charge is 0.497 e. The molecule has 3 aromatic rings. The van der Waals surface area contributed by atoms with Crippen molar-refractivity contribution in [3.05, 3.63) is 70.8 Å². The van der Waals surface area contributed by atoms with Crippen molar-refractivity contribution in [1.82, 2.24) is 14.8 Å². The summed E-state index contributed by atoms with van der Waals surface area (Å²) in [5, 5.41) is 4.45. The smallest absolute Gasteiger partial charge is 0.267 e. The summed E-state index contributed by atoms with van der Waals surface area (Å²) in [6.45, 7) is 0.311. The number of aromatic nitrogens is 3. The van der Waals surface area contributed by atoms with Gasteiger partial charge in [-0.25, -0.2) is 4.68 Å². The average molecular weight is 323 g/mol. The highest BCUT2D eigenvalue weighted by atomic mass is 16.5. The van der Waals surface area contributed by atoms with E-state index in [1.165, 1.54) is 10.7 Å². The summed E-state index contributed by atoms with van der Waals surface area (Å²) in [5.74, 6) is 1.32. The molecular weight excluding hydrogens is 306 g/mol. The molecule has 0 unspecified atom stereocenters. The van der Waals surface area contributed by atoms with Crippen molar-refractivity contribution in [2.75, 3.05) is 14.2 Å². The van der Waals surface area contributed by atoms with Gasteiger partial charge in [0, 0.05) is 23.9 Å². The molecule has 0 saturated carbocycles. The molecule has 3 rings (SSSR count). The maximum absolute atomic E-state index is 12.1. The third-order valence-corrected chi connectivity index (χ3v) is 3.59. The minimum absolute atomic E-state index is 0.183. The van der Waals surface area contributed by atoms with Gasteiger partial charge in [-0.15, -0.1) is 0 Å². The Labute approximate surface area is 139 Å². The number of benzene rings is 1. The van der Waals surface area contributed by atoms with Crippen LogP contribution in [0, 0.1) is 0 Å². The van der Waals surface area contributed by atoms with Crippen molar-refractivity contribution < 1.29 is 9.47 Å². The predicted molar refractivity (Wildman–Crippen MR) is 90.4 cm³/mol. The van der Waals surface area contributed by atoms with Gasteiger partial charge in [0.05, 0.1) is 32.2 Å². The van der Waals surface area contributed by atoms with Crippen molar-refractivity contribution in [2.45, 2.75) is 6.54 Å². The summed E-state index contributed by atoms with van der Waals surface area (Å²) < 4.78 is 12.0. The molecule has 0 N–H and O–H groups in total. The molecule has 2 aromatic heterocycles. The molecule has 2 heterocycles. The molecule has 122 valence electrons. The molecule has 0 aliphatic rings. The lowest BCUT2D eigenvalue weighted by Gasteiger charge is -2.11. The zero-order chi connectivity index (χ0) is 16.9. The van der Waals surface area contributed by atoms with Crippen molar-refractivity contribution in [3.8, 4) is 22.8 Å². The van der Waals surface area contributed by atoms with Gasteiger partial charge < -0.3 is 9.47 Å². The van der Waals surface area contributed by atoms with Crippen LogP contribution in [-0.2, 0) is 6.54 Å². The van der Waals surface area contributed by atoms with Crippen LogP contribution < -0.4 is 15.0 Å². The van der Waals surface area contributed by atoms with Crippen LogP contribution in [0.4, 0.5) is 0 Å². The maximum atomic E-state index is 12.1. The van der Waals surface area contributed by atoms with Gasteiger partial charge in [-0.3, -0.25) is 9.78 Å². The summed E-state index contributed by atoms with van der Waals surface area (Å²) in [6.07, 6.45) is 1.69. The summed E-state index contributed by atoms with van der Waals surface area (Å²) >= 11 is 0. The van der Waals surface area contributed by atoms with Crippen LogP contribution in [0.3, 0.4) is 0 Å². The second-order valence-electron chi connectivity index (χ2n) is 5.10. The number of methoxy groups -OCH3 is 2. The van der Waals surface area contributed by atoms with Crippen LogP contribution in [-0.4, -0.2) is 29.0 Å². The van der Waals surface area contributed by atoms with E-state index < -0.39 is 0 Å². The lowest BCUT2D eigenvalue weighted by atomic mass is 10.1. The first kappa shape index (κ1) is 15.7. The summed E-state index contributed by atoms with van der Waals surface area (Å²) in [4.78, 5) is 16.3. The Kier molecular flexibility index (Phi) is 4.56. The maximum Gasteiger partial charge on any atom is 0.267 e. The van der Waals surface area contributed by atoms with E-state index in [0.717, 1.165) is 11.3 Å². The third-order valence-electron chi connectivity index (χ3n) is 3.59. The molecule has 0 radical (unpaired) electrons. The highest BCUT2D eigenvalue weighted by molar-refractivity contribution is 5.68. The molecule has 0 aliphatic carbocycles. The first-order valence-electron chi connectivity index (χ1n) is 7.42. The van der Waals surface area contributed by atoms with Gasteiger partial charge in [-0.2, -0.15) is 5.10 Å². The van der Waals surface area contributed by atoms with E-state index in [9.17, 15) is 4.79 Å². The lowest BCUT2D eigenvalue weighted by molar-refractivity contribution is 0.395. The highest BCUT2D eigenvalue weighted by Gasteiger charge is 2.11. The van der Waals surface area contributed by atoms with Gasteiger partial charge in [0.25, 0.3) is 5.56 Å². The number of hydrogen-bond acceptors (Lipinski definition) is 5. The van der Waals surface area contributed by atoms with Crippen LogP contribution in [0.1, 0.15) is 5.69 Å². The molecule has 6 nitrogen and oxygen atoms in total. The van der Waals surface area contributed by atoms with E-state index >= 15 is 0 Å². The first-order chi connectivity index (χ1) is 11.7. The van der Waals surface area contributed by atoms with Gasteiger partial charge in [0.15, 0.2) is 0 Å². The Morgan fingerprint density at radius 3 is 2.62 bits per heavy atom. The van der Waals surface area contributed by atoms with Gasteiger partial charge in [0.1, 0.15) is 11.5 Å². The average Bonchev–Trinajstić information content (AvgIpc) is 2.64. The fraction of sp³-hybridized carbons (Fsp3) is 0.167. The molecule has 0 amide bonds. The van der Waals surface area contributed by atoms with Crippen LogP contribution >= 0.6 is 0 Å². The normalized spacial score (nSPS) is 10.4. The molecular formula is C18H17N3O3. The monoisotopic (exact) mass is 323 g/mol. The van der Waals surface area contributed by atoms with E-state index in [1.807, 2.05) is 30.3 Å². The first-order valence-corrected chi connectivity index (χ1v) is 7.42. The molecule has 0 atom stereocenters. The molecule has 0 saturated heterocycles. The van der Waals surface area contributed by atoms with E-state index in [2.05, 4.69) is 10.1 Å². The fourth-order valence-electron chi connectivity index (χ4n) is 2.36. The third kappa shape index (κ3) is 3.27. The Hall–Kier alpha value is -3.15. The summed E-state index contributed by atoms with van der Waals surface area (Å²) in [7, 11) is 3.18. The van der Waals surface area contributed by atoms with E-state index in [1.54, 1.807) is 32.5 Å². The van der Waals surface area contributed by atoms with E-state index in [4.69, 9.17) is 9.47 Å². The second-order valence-corrected chi connectivity index (χ2v) is 5.10. The number of rotatable bonds is 5. The second kappa shape index (κ2) is 6.95.